The van der Waals surface area contributed by atoms with E-state index in [1.165, 1.54) is 0 Å². The van der Waals surface area contributed by atoms with Gasteiger partial charge in [0.15, 0.2) is 0 Å². The largest absolute Gasteiger partial charge is 0.325 e. The van der Waals surface area contributed by atoms with Crippen LogP contribution in [-0.4, -0.2) is 19.0 Å². The number of nitriles is 1. The van der Waals surface area contributed by atoms with Gasteiger partial charge < -0.3 is 10.6 Å². The fourth-order valence-electron chi connectivity index (χ4n) is 2.73. The Balaban J connectivity index is 2.25. The van der Waals surface area contributed by atoms with Crippen LogP contribution in [0.2, 0.25) is 0 Å². The maximum absolute atomic E-state index is 12.7. The van der Waals surface area contributed by atoms with Crippen LogP contribution in [0, 0.1) is 29.6 Å². The van der Waals surface area contributed by atoms with E-state index in [1.807, 2.05) is 13.0 Å². The van der Waals surface area contributed by atoms with Crippen LogP contribution in [-0.2, 0) is 4.79 Å². The summed E-state index contributed by atoms with van der Waals surface area (Å²) in [6.45, 7) is 7.71. The molecule has 2 N–H and O–H groups in total. The summed E-state index contributed by atoms with van der Waals surface area (Å²) in [6.07, 6.45) is 0.855. The first-order valence-corrected chi connectivity index (χ1v) is 7.02. The van der Waals surface area contributed by atoms with Crippen molar-refractivity contribution in [3.63, 3.8) is 0 Å². The summed E-state index contributed by atoms with van der Waals surface area (Å²) in [5, 5.41) is 15.3. The molecule has 1 aromatic carbocycles. The molecule has 1 atom stereocenters. The third-order valence-electron chi connectivity index (χ3n) is 4.36. The number of carbonyl (C=O) groups excluding carboxylic acids is 1. The van der Waals surface area contributed by atoms with Crippen LogP contribution >= 0.6 is 0 Å². The van der Waals surface area contributed by atoms with E-state index in [2.05, 4.69) is 30.6 Å². The van der Waals surface area contributed by atoms with Crippen molar-refractivity contribution in [2.45, 2.75) is 27.2 Å². The first-order chi connectivity index (χ1) is 9.49. The second-order valence-corrected chi connectivity index (χ2v) is 5.83. The predicted molar refractivity (Wildman–Crippen MR) is 79.3 cm³/mol. The van der Waals surface area contributed by atoms with Crippen molar-refractivity contribution >= 4 is 11.6 Å². The van der Waals surface area contributed by atoms with Crippen molar-refractivity contribution < 1.29 is 4.79 Å². The number of nitrogens with zero attached hydrogens (tertiary/aromatic N) is 1. The van der Waals surface area contributed by atoms with E-state index in [0.29, 0.717) is 12.1 Å². The van der Waals surface area contributed by atoms with Gasteiger partial charge in [0, 0.05) is 12.2 Å². The number of rotatable bonds is 3. The van der Waals surface area contributed by atoms with E-state index in [9.17, 15) is 4.79 Å². The lowest BCUT2D eigenvalue weighted by Gasteiger charge is -2.31. The molecule has 20 heavy (non-hydrogen) atoms. The van der Waals surface area contributed by atoms with Crippen LogP contribution in [0.3, 0.4) is 0 Å². The maximum Gasteiger partial charge on any atom is 0.232 e. The van der Waals surface area contributed by atoms with Crippen molar-refractivity contribution in [2.24, 2.45) is 11.3 Å². The van der Waals surface area contributed by atoms with Gasteiger partial charge >= 0.3 is 0 Å². The van der Waals surface area contributed by atoms with E-state index in [4.69, 9.17) is 5.26 Å². The molecular formula is C16H21N3O. The molecule has 1 heterocycles. The third kappa shape index (κ3) is 2.54. The van der Waals surface area contributed by atoms with Crippen molar-refractivity contribution in [3.05, 3.63) is 29.3 Å². The number of nitrogens with one attached hydrogen (secondary N) is 2. The second kappa shape index (κ2) is 5.64. The van der Waals surface area contributed by atoms with Crippen molar-refractivity contribution in [1.29, 1.82) is 5.26 Å². The van der Waals surface area contributed by atoms with Crippen LogP contribution in [0.5, 0.6) is 0 Å². The van der Waals surface area contributed by atoms with E-state index < -0.39 is 0 Å². The summed E-state index contributed by atoms with van der Waals surface area (Å²) in [5.74, 6) is 0.327. The minimum absolute atomic E-state index is 0.0516. The molecule has 0 aromatic heterocycles. The molecule has 2 rings (SSSR count). The molecule has 1 aromatic rings. The average molecular weight is 271 g/mol. The first-order valence-electron chi connectivity index (χ1n) is 7.02. The predicted octanol–water partition coefficient (Wildman–Crippen LogP) is 2.44. The highest BCUT2D eigenvalue weighted by molar-refractivity contribution is 5.96. The highest BCUT2D eigenvalue weighted by Gasteiger charge is 2.43. The summed E-state index contributed by atoms with van der Waals surface area (Å²) >= 11 is 0. The van der Waals surface area contributed by atoms with Crippen LogP contribution in [0.1, 0.15) is 31.4 Å². The van der Waals surface area contributed by atoms with Crippen LogP contribution < -0.4 is 10.6 Å². The maximum atomic E-state index is 12.7. The summed E-state index contributed by atoms with van der Waals surface area (Å²) in [7, 11) is 0. The van der Waals surface area contributed by atoms with E-state index in [1.54, 1.807) is 12.1 Å². The molecule has 4 nitrogen and oxygen atoms in total. The molecule has 1 aliphatic rings. The Labute approximate surface area is 120 Å². The minimum Gasteiger partial charge on any atom is -0.325 e. The molecule has 0 bridgehead atoms. The molecule has 4 heteroatoms. The van der Waals surface area contributed by atoms with Gasteiger partial charge in [0.1, 0.15) is 0 Å². The minimum atomic E-state index is -0.352. The Bertz CT molecular complexity index is 551. The van der Waals surface area contributed by atoms with Crippen molar-refractivity contribution in [3.8, 4) is 6.07 Å². The number of carbonyl (C=O) groups is 1. The number of amides is 1. The van der Waals surface area contributed by atoms with Crippen molar-refractivity contribution in [2.75, 3.05) is 18.4 Å². The van der Waals surface area contributed by atoms with E-state index in [0.717, 1.165) is 24.2 Å². The highest BCUT2D eigenvalue weighted by Crippen LogP contribution is 2.35. The second-order valence-electron chi connectivity index (χ2n) is 5.83. The molecule has 1 aliphatic heterocycles. The molecule has 0 radical (unpaired) electrons. The van der Waals surface area contributed by atoms with E-state index in [-0.39, 0.29) is 17.2 Å². The summed E-state index contributed by atoms with van der Waals surface area (Å²) < 4.78 is 0. The Morgan fingerprint density at radius 3 is 2.80 bits per heavy atom. The lowest BCUT2D eigenvalue weighted by Crippen LogP contribution is -2.42. The van der Waals surface area contributed by atoms with Gasteiger partial charge in [-0.1, -0.05) is 19.9 Å². The van der Waals surface area contributed by atoms with Crippen molar-refractivity contribution in [1.82, 2.24) is 5.32 Å². The molecule has 0 saturated carbocycles. The molecule has 1 fully saturated rings. The zero-order valence-electron chi connectivity index (χ0n) is 12.3. The van der Waals surface area contributed by atoms with Gasteiger partial charge in [0.2, 0.25) is 5.91 Å². The lowest BCUT2D eigenvalue weighted by molar-refractivity contribution is -0.126. The van der Waals surface area contributed by atoms with E-state index >= 15 is 0 Å². The molecule has 0 aliphatic carbocycles. The Morgan fingerprint density at radius 1 is 1.50 bits per heavy atom. The topological polar surface area (TPSA) is 64.9 Å². The monoisotopic (exact) mass is 271 g/mol. The quantitative estimate of drug-likeness (QED) is 0.887. The molecule has 106 valence electrons. The SMILES string of the molecule is Cc1ccc(C#N)cc1NC(=O)C1(C(C)C)CCNC1. The van der Waals surface area contributed by atoms with Crippen LogP contribution in [0.15, 0.2) is 18.2 Å². The zero-order chi connectivity index (χ0) is 14.8. The number of hydrogen-bond donors (Lipinski definition) is 2. The fourth-order valence-corrected chi connectivity index (χ4v) is 2.73. The van der Waals surface area contributed by atoms with Gasteiger partial charge in [-0.3, -0.25) is 4.79 Å². The standard InChI is InChI=1S/C16H21N3O/c1-11(2)16(6-7-18-10-16)15(20)19-14-8-13(9-17)5-4-12(14)3/h4-5,8,11,18H,6-7,10H2,1-3H3,(H,19,20). The number of anilines is 1. The summed E-state index contributed by atoms with van der Waals surface area (Å²) in [5.41, 5.74) is 1.92. The number of hydrogen-bond acceptors (Lipinski definition) is 3. The Hall–Kier alpha value is -1.86. The molecule has 0 spiro atoms. The van der Waals surface area contributed by atoms with Gasteiger partial charge in [0.25, 0.3) is 0 Å². The van der Waals surface area contributed by atoms with Gasteiger partial charge in [0.05, 0.1) is 17.0 Å². The smallest absolute Gasteiger partial charge is 0.232 e. The number of benzene rings is 1. The normalized spacial score (nSPS) is 21.8. The molecular weight excluding hydrogens is 250 g/mol. The summed E-state index contributed by atoms with van der Waals surface area (Å²) in [4.78, 5) is 12.7. The third-order valence-corrected chi connectivity index (χ3v) is 4.36. The Morgan fingerprint density at radius 2 is 2.25 bits per heavy atom. The van der Waals surface area contributed by atoms with Gasteiger partial charge in [-0.15, -0.1) is 0 Å². The van der Waals surface area contributed by atoms with Gasteiger partial charge in [-0.2, -0.15) is 5.26 Å². The van der Waals surface area contributed by atoms with Gasteiger partial charge in [-0.25, -0.2) is 0 Å². The van der Waals surface area contributed by atoms with Crippen LogP contribution in [0.25, 0.3) is 0 Å². The average Bonchev–Trinajstić information content (AvgIpc) is 2.92. The van der Waals surface area contributed by atoms with Gasteiger partial charge in [-0.05, 0) is 43.5 Å². The van der Waals surface area contributed by atoms with Crippen LogP contribution in [0.4, 0.5) is 5.69 Å². The lowest BCUT2D eigenvalue weighted by atomic mass is 9.75. The highest BCUT2D eigenvalue weighted by atomic mass is 16.2. The molecule has 1 amide bonds. The number of aryl methyl sites for hydroxylation is 1. The fraction of sp³-hybridized carbons (Fsp3) is 0.500. The Kier molecular flexibility index (Phi) is 4.10. The molecule has 1 unspecified atom stereocenters. The summed E-state index contributed by atoms with van der Waals surface area (Å²) in [6, 6.07) is 7.47. The first kappa shape index (κ1) is 14.5. The molecule has 1 saturated heterocycles. The zero-order valence-corrected chi connectivity index (χ0v) is 12.3.